The number of hydrogen-bond acceptors (Lipinski definition) is 3. The molecule has 0 unspecified atom stereocenters. The highest BCUT2D eigenvalue weighted by Crippen LogP contribution is 2.08. The van der Waals surface area contributed by atoms with Gasteiger partial charge in [-0.1, -0.05) is 13.8 Å². The molecule has 4 nitrogen and oxygen atoms in total. The summed E-state index contributed by atoms with van der Waals surface area (Å²) in [5.74, 6) is -1.48. The summed E-state index contributed by atoms with van der Waals surface area (Å²) in [4.78, 5) is 22.4. The third-order valence-corrected chi connectivity index (χ3v) is 2.69. The van der Waals surface area contributed by atoms with E-state index in [0.717, 1.165) is 0 Å². The standard InChI is InChI=1S/C10H13NO3S/c1-6(2)8(10(13)14)11-9(12)7-3-4-15-5-7/h3-6,8H,1-2H3,(H,11,12)(H,13,14)/t8-/m1/s1. The van der Waals surface area contributed by atoms with E-state index in [1.807, 2.05) is 0 Å². The minimum Gasteiger partial charge on any atom is -0.480 e. The Balaban J connectivity index is 2.67. The second kappa shape index (κ2) is 4.93. The van der Waals surface area contributed by atoms with Crippen molar-refractivity contribution < 1.29 is 14.7 Å². The van der Waals surface area contributed by atoms with Gasteiger partial charge in [-0.15, -0.1) is 0 Å². The molecule has 0 radical (unpaired) electrons. The highest BCUT2D eigenvalue weighted by Gasteiger charge is 2.23. The maximum absolute atomic E-state index is 11.6. The van der Waals surface area contributed by atoms with Crippen LogP contribution in [0.5, 0.6) is 0 Å². The number of carboxylic acids is 1. The first kappa shape index (κ1) is 11.7. The number of nitrogens with one attached hydrogen (secondary N) is 1. The van der Waals surface area contributed by atoms with Gasteiger partial charge in [-0.3, -0.25) is 4.79 Å². The van der Waals surface area contributed by atoms with Gasteiger partial charge in [0.1, 0.15) is 6.04 Å². The Morgan fingerprint density at radius 2 is 2.13 bits per heavy atom. The molecule has 1 aromatic heterocycles. The summed E-state index contributed by atoms with van der Waals surface area (Å²) in [5, 5.41) is 14.8. The van der Waals surface area contributed by atoms with Crippen LogP contribution in [0.1, 0.15) is 24.2 Å². The third-order valence-electron chi connectivity index (χ3n) is 2.00. The third kappa shape index (κ3) is 3.06. The molecule has 0 aromatic carbocycles. The number of amides is 1. The Hall–Kier alpha value is -1.36. The Kier molecular flexibility index (Phi) is 3.85. The van der Waals surface area contributed by atoms with Crippen LogP contribution in [0.4, 0.5) is 0 Å². The Morgan fingerprint density at radius 1 is 1.47 bits per heavy atom. The molecule has 1 amide bonds. The quantitative estimate of drug-likeness (QED) is 0.820. The maximum Gasteiger partial charge on any atom is 0.326 e. The first-order valence-electron chi connectivity index (χ1n) is 4.58. The van der Waals surface area contributed by atoms with Crippen LogP contribution in [0.25, 0.3) is 0 Å². The Morgan fingerprint density at radius 3 is 2.53 bits per heavy atom. The lowest BCUT2D eigenvalue weighted by Gasteiger charge is -2.17. The lowest BCUT2D eigenvalue weighted by molar-refractivity contribution is -0.140. The van der Waals surface area contributed by atoms with E-state index in [1.54, 1.807) is 30.7 Å². The first-order chi connectivity index (χ1) is 7.02. The number of thiophene rings is 1. The van der Waals surface area contributed by atoms with Crippen LogP contribution in [0, 0.1) is 5.92 Å². The number of aliphatic carboxylic acids is 1. The normalized spacial score (nSPS) is 12.5. The first-order valence-corrected chi connectivity index (χ1v) is 5.52. The molecule has 82 valence electrons. The van der Waals surface area contributed by atoms with Crippen molar-refractivity contribution in [3.63, 3.8) is 0 Å². The smallest absolute Gasteiger partial charge is 0.326 e. The summed E-state index contributed by atoms with van der Waals surface area (Å²) >= 11 is 1.40. The summed E-state index contributed by atoms with van der Waals surface area (Å²) in [7, 11) is 0. The minimum atomic E-state index is -1.01. The van der Waals surface area contributed by atoms with E-state index in [-0.39, 0.29) is 11.8 Å². The molecule has 0 aliphatic rings. The molecule has 1 heterocycles. The van der Waals surface area contributed by atoms with Crippen LogP contribution in [0.3, 0.4) is 0 Å². The van der Waals surface area contributed by atoms with Gasteiger partial charge in [-0.2, -0.15) is 11.3 Å². The monoisotopic (exact) mass is 227 g/mol. The molecule has 0 saturated carbocycles. The zero-order chi connectivity index (χ0) is 11.4. The molecule has 15 heavy (non-hydrogen) atoms. The molecule has 5 heteroatoms. The van der Waals surface area contributed by atoms with E-state index in [2.05, 4.69) is 5.32 Å². The summed E-state index contributed by atoms with van der Waals surface area (Å²) in [5.41, 5.74) is 0.506. The van der Waals surface area contributed by atoms with Gasteiger partial charge in [-0.05, 0) is 17.4 Å². The number of carbonyl (C=O) groups excluding carboxylic acids is 1. The van der Waals surface area contributed by atoms with Crippen LogP contribution in [0.15, 0.2) is 16.8 Å². The molecule has 0 aliphatic carbocycles. The van der Waals surface area contributed by atoms with Crippen LogP contribution in [-0.2, 0) is 4.79 Å². The van der Waals surface area contributed by atoms with Gasteiger partial charge in [0.05, 0.1) is 5.56 Å². The second-order valence-corrected chi connectivity index (χ2v) is 4.33. The summed E-state index contributed by atoms with van der Waals surface area (Å²) in [6, 6.07) is 0.830. The molecule has 0 spiro atoms. The molecule has 1 rings (SSSR count). The van der Waals surface area contributed by atoms with Gasteiger partial charge in [0.25, 0.3) is 5.91 Å². The molecule has 0 aliphatic heterocycles. The van der Waals surface area contributed by atoms with E-state index in [1.165, 1.54) is 11.3 Å². The molecule has 0 fully saturated rings. The SMILES string of the molecule is CC(C)[C@@H](NC(=O)c1ccsc1)C(=O)O. The van der Waals surface area contributed by atoms with Crippen molar-refractivity contribution in [2.24, 2.45) is 5.92 Å². The molecule has 1 atom stereocenters. The molecule has 0 saturated heterocycles. The molecular formula is C10H13NO3S. The van der Waals surface area contributed by atoms with E-state index < -0.39 is 12.0 Å². The zero-order valence-electron chi connectivity index (χ0n) is 8.56. The predicted octanol–water partition coefficient (Wildman–Crippen LogP) is 1.59. The van der Waals surface area contributed by atoms with Gasteiger partial charge in [0, 0.05) is 5.38 Å². The lowest BCUT2D eigenvalue weighted by Crippen LogP contribution is -2.44. The number of carbonyl (C=O) groups is 2. The van der Waals surface area contributed by atoms with Gasteiger partial charge in [0.15, 0.2) is 0 Å². The molecule has 1 aromatic rings. The van der Waals surface area contributed by atoms with Crippen molar-refractivity contribution in [1.82, 2.24) is 5.32 Å². The van der Waals surface area contributed by atoms with Crippen LogP contribution >= 0.6 is 11.3 Å². The highest BCUT2D eigenvalue weighted by atomic mass is 32.1. The van der Waals surface area contributed by atoms with Crippen molar-refractivity contribution in [3.8, 4) is 0 Å². The topological polar surface area (TPSA) is 66.4 Å². The van der Waals surface area contributed by atoms with Gasteiger partial charge >= 0.3 is 5.97 Å². The van der Waals surface area contributed by atoms with Gasteiger partial charge in [0.2, 0.25) is 0 Å². The van der Waals surface area contributed by atoms with Crippen molar-refractivity contribution >= 4 is 23.2 Å². The van der Waals surface area contributed by atoms with Crippen molar-refractivity contribution in [1.29, 1.82) is 0 Å². The Labute approximate surface area is 91.9 Å². The summed E-state index contributed by atoms with van der Waals surface area (Å²) in [6.07, 6.45) is 0. The average molecular weight is 227 g/mol. The molecule has 0 bridgehead atoms. The average Bonchev–Trinajstić information content (AvgIpc) is 2.65. The second-order valence-electron chi connectivity index (χ2n) is 3.55. The molecular weight excluding hydrogens is 214 g/mol. The molecule has 2 N–H and O–H groups in total. The zero-order valence-corrected chi connectivity index (χ0v) is 9.38. The maximum atomic E-state index is 11.6. The predicted molar refractivity (Wildman–Crippen MR) is 58.0 cm³/mol. The number of carboxylic acid groups (broad SMARTS) is 1. The summed E-state index contributed by atoms with van der Waals surface area (Å²) < 4.78 is 0. The van der Waals surface area contributed by atoms with E-state index in [4.69, 9.17) is 5.11 Å². The Bertz CT molecular complexity index is 346. The van der Waals surface area contributed by atoms with Crippen LogP contribution in [-0.4, -0.2) is 23.0 Å². The minimum absolute atomic E-state index is 0.134. The van der Waals surface area contributed by atoms with Gasteiger partial charge in [-0.25, -0.2) is 4.79 Å². The largest absolute Gasteiger partial charge is 0.480 e. The number of rotatable bonds is 4. The fraction of sp³-hybridized carbons (Fsp3) is 0.400. The van der Waals surface area contributed by atoms with E-state index >= 15 is 0 Å². The van der Waals surface area contributed by atoms with Crippen molar-refractivity contribution in [2.75, 3.05) is 0 Å². The van der Waals surface area contributed by atoms with E-state index in [0.29, 0.717) is 5.56 Å². The van der Waals surface area contributed by atoms with Gasteiger partial charge < -0.3 is 10.4 Å². The summed E-state index contributed by atoms with van der Waals surface area (Å²) in [6.45, 7) is 3.51. The van der Waals surface area contributed by atoms with Crippen molar-refractivity contribution in [3.05, 3.63) is 22.4 Å². The lowest BCUT2D eigenvalue weighted by atomic mass is 10.0. The number of hydrogen-bond donors (Lipinski definition) is 2. The fourth-order valence-electron chi connectivity index (χ4n) is 1.13. The van der Waals surface area contributed by atoms with Crippen molar-refractivity contribution in [2.45, 2.75) is 19.9 Å². The fourth-order valence-corrected chi connectivity index (χ4v) is 1.77. The van der Waals surface area contributed by atoms with Crippen LogP contribution in [0.2, 0.25) is 0 Å². The van der Waals surface area contributed by atoms with E-state index in [9.17, 15) is 9.59 Å². The highest BCUT2D eigenvalue weighted by molar-refractivity contribution is 7.08. The van der Waals surface area contributed by atoms with Crippen LogP contribution < -0.4 is 5.32 Å².